The molecule has 0 radical (unpaired) electrons. The van der Waals surface area contributed by atoms with Crippen LogP contribution in [-0.2, 0) is 6.42 Å². The Morgan fingerprint density at radius 2 is 1.90 bits per heavy atom. The van der Waals surface area contributed by atoms with Gasteiger partial charge in [-0.25, -0.2) is 4.79 Å². The Balaban J connectivity index is 2.69. The van der Waals surface area contributed by atoms with Gasteiger partial charge in [-0.05, 0) is 17.5 Å². The highest BCUT2D eigenvalue weighted by atomic mass is 35.5. The van der Waals surface area contributed by atoms with Crippen molar-refractivity contribution in [2.75, 3.05) is 0 Å². The molecule has 1 heterocycles. The number of rotatable bonds is 4. The lowest BCUT2D eigenvalue weighted by atomic mass is 9.99. The van der Waals surface area contributed by atoms with Crippen LogP contribution in [0.2, 0.25) is 5.02 Å². The zero-order valence-electron chi connectivity index (χ0n) is 10.8. The summed E-state index contributed by atoms with van der Waals surface area (Å²) in [5.41, 5.74) is 5.53. The Hall–Kier alpha value is -2.60. The largest absolute Gasteiger partial charge is 0.477 e. The van der Waals surface area contributed by atoms with Crippen LogP contribution in [0.5, 0.6) is 0 Å². The normalized spacial score (nSPS) is 10.3. The fourth-order valence-electron chi connectivity index (χ4n) is 2.04. The number of H-pyrrole nitrogens is 1. The fourth-order valence-corrected chi connectivity index (χ4v) is 2.33. The van der Waals surface area contributed by atoms with Crippen LogP contribution >= 0.6 is 11.6 Å². The van der Waals surface area contributed by atoms with Gasteiger partial charge in [0.2, 0.25) is 0 Å². The van der Waals surface area contributed by atoms with Crippen LogP contribution in [0.4, 0.5) is 0 Å². The first-order valence-electron chi connectivity index (χ1n) is 5.98. The average Bonchev–Trinajstić information content (AvgIpc) is 2.43. The molecule has 108 valence electrons. The number of carbonyl (C=O) groups is 2. The number of amides is 1. The number of pyridine rings is 1. The smallest absolute Gasteiger partial charge is 0.353 e. The summed E-state index contributed by atoms with van der Waals surface area (Å²) in [6.45, 7) is 0. The third kappa shape index (κ3) is 2.95. The summed E-state index contributed by atoms with van der Waals surface area (Å²) in [5, 5.41) is 16.7. The SMILES string of the molecule is N=c1[nH]c(C(=O)O)c(Cl)c(Cc2ccccc2)c1C(N)=O. The molecule has 0 aliphatic rings. The van der Waals surface area contributed by atoms with Crippen molar-refractivity contribution < 1.29 is 14.7 Å². The number of nitrogens with two attached hydrogens (primary N) is 1. The molecule has 6 nitrogen and oxygen atoms in total. The number of hydrogen-bond acceptors (Lipinski definition) is 3. The van der Waals surface area contributed by atoms with Crippen molar-refractivity contribution in [3.05, 3.63) is 63.2 Å². The Kier molecular flexibility index (Phi) is 4.09. The number of aromatic amines is 1. The summed E-state index contributed by atoms with van der Waals surface area (Å²) in [7, 11) is 0. The second-order valence-corrected chi connectivity index (χ2v) is 4.75. The highest BCUT2D eigenvalue weighted by Gasteiger charge is 2.21. The molecule has 21 heavy (non-hydrogen) atoms. The zero-order chi connectivity index (χ0) is 15.6. The second kappa shape index (κ2) is 5.80. The molecule has 1 aromatic heterocycles. The Morgan fingerprint density at radius 3 is 2.43 bits per heavy atom. The Bertz CT molecular complexity index is 769. The first-order valence-corrected chi connectivity index (χ1v) is 6.36. The van der Waals surface area contributed by atoms with Crippen molar-refractivity contribution in [1.82, 2.24) is 4.98 Å². The van der Waals surface area contributed by atoms with Gasteiger partial charge in [-0.15, -0.1) is 0 Å². The second-order valence-electron chi connectivity index (χ2n) is 4.37. The molecule has 0 saturated heterocycles. The number of carboxylic acid groups (broad SMARTS) is 1. The van der Waals surface area contributed by atoms with Crippen molar-refractivity contribution in [2.24, 2.45) is 5.73 Å². The zero-order valence-corrected chi connectivity index (χ0v) is 11.6. The average molecular weight is 306 g/mol. The van der Waals surface area contributed by atoms with Crippen LogP contribution < -0.4 is 11.2 Å². The molecule has 0 unspecified atom stereocenters. The van der Waals surface area contributed by atoms with Crippen molar-refractivity contribution in [2.45, 2.75) is 6.42 Å². The van der Waals surface area contributed by atoms with Crippen molar-refractivity contribution in [3.63, 3.8) is 0 Å². The maximum absolute atomic E-state index is 11.5. The molecule has 2 aromatic rings. The third-order valence-corrected chi connectivity index (χ3v) is 3.39. The summed E-state index contributed by atoms with van der Waals surface area (Å²) in [6.07, 6.45) is 0.207. The minimum Gasteiger partial charge on any atom is -0.477 e. The van der Waals surface area contributed by atoms with Crippen LogP contribution in [0.15, 0.2) is 30.3 Å². The van der Waals surface area contributed by atoms with E-state index in [0.717, 1.165) is 5.56 Å². The maximum Gasteiger partial charge on any atom is 0.353 e. The molecule has 0 spiro atoms. The number of nitrogens with one attached hydrogen (secondary N) is 2. The fraction of sp³-hybridized carbons (Fsp3) is 0.0714. The molecule has 7 heteroatoms. The summed E-state index contributed by atoms with van der Waals surface area (Å²) in [6, 6.07) is 9.06. The van der Waals surface area contributed by atoms with Crippen molar-refractivity contribution in [3.8, 4) is 0 Å². The molecule has 0 aliphatic heterocycles. The van der Waals surface area contributed by atoms with Crippen LogP contribution in [0.25, 0.3) is 0 Å². The summed E-state index contributed by atoms with van der Waals surface area (Å²) < 4.78 is 0. The van der Waals surface area contributed by atoms with E-state index in [1.165, 1.54) is 0 Å². The molecule has 0 atom stereocenters. The minimum absolute atomic E-state index is 0.103. The van der Waals surface area contributed by atoms with Gasteiger partial charge >= 0.3 is 5.97 Å². The standard InChI is InChI=1S/C14H12ClN3O3/c15-10-8(6-7-4-2-1-3-5-7)9(13(17)19)12(16)18-11(10)14(20)21/h1-5H,6H2,(H2,16,18)(H2,17,19)(H,20,21). The molecular weight excluding hydrogens is 294 g/mol. The lowest BCUT2D eigenvalue weighted by Gasteiger charge is -2.12. The van der Waals surface area contributed by atoms with E-state index in [9.17, 15) is 9.59 Å². The summed E-state index contributed by atoms with van der Waals surface area (Å²) in [4.78, 5) is 25.0. The van der Waals surface area contributed by atoms with E-state index in [-0.39, 0.29) is 33.8 Å². The topological polar surface area (TPSA) is 120 Å². The number of carbonyl (C=O) groups excluding carboxylic acids is 1. The van der Waals surface area contributed by atoms with E-state index >= 15 is 0 Å². The van der Waals surface area contributed by atoms with Gasteiger partial charge in [0.15, 0.2) is 0 Å². The van der Waals surface area contributed by atoms with Gasteiger partial charge in [0, 0.05) is 0 Å². The first-order chi connectivity index (χ1) is 9.91. The summed E-state index contributed by atoms with van der Waals surface area (Å²) >= 11 is 6.07. The Labute approximate surface area is 124 Å². The van der Waals surface area contributed by atoms with Gasteiger partial charge in [-0.1, -0.05) is 41.9 Å². The van der Waals surface area contributed by atoms with Gasteiger partial charge in [0.25, 0.3) is 5.91 Å². The van der Waals surface area contributed by atoms with Crippen LogP contribution in [-0.4, -0.2) is 22.0 Å². The molecule has 2 rings (SSSR count). The van der Waals surface area contributed by atoms with Gasteiger partial charge < -0.3 is 15.8 Å². The number of hydrogen-bond donors (Lipinski definition) is 4. The molecule has 0 fully saturated rings. The van der Waals surface area contributed by atoms with Crippen molar-refractivity contribution in [1.29, 1.82) is 5.41 Å². The predicted molar refractivity (Wildman–Crippen MR) is 76.4 cm³/mol. The number of aromatic nitrogens is 1. The molecule has 1 amide bonds. The summed E-state index contributed by atoms with van der Waals surface area (Å²) in [5.74, 6) is -2.14. The van der Waals surface area contributed by atoms with Gasteiger partial charge in [0.1, 0.15) is 11.2 Å². The van der Waals surface area contributed by atoms with E-state index in [2.05, 4.69) is 4.98 Å². The lowest BCUT2D eigenvalue weighted by molar-refractivity contribution is 0.0689. The lowest BCUT2D eigenvalue weighted by Crippen LogP contribution is -2.28. The van der Waals surface area contributed by atoms with E-state index < -0.39 is 11.9 Å². The van der Waals surface area contributed by atoms with E-state index in [1.54, 1.807) is 0 Å². The van der Waals surface area contributed by atoms with Crippen LogP contribution in [0.3, 0.4) is 0 Å². The molecule has 0 aliphatic carbocycles. The van der Waals surface area contributed by atoms with Gasteiger partial charge in [-0.3, -0.25) is 10.2 Å². The minimum atomic E-state index is -1.31. The highest BCUT2D eigenvalue weighted by molar-refractivity contribution is 6.34. The van der Waals surface area contributed by atoms with Crippen molar-refractivity contribution >= 4 is 23.5 Å². The van der Waals surface area contributed by atoms with Gasteiger partial charge in [-0.2, -0.15) is 0 Å². The van der Waals surface area contributed by atoms with E-state index in [1.807, 2.05) is 30.3 Å². The molecule has 0 saturated carbocycles. The quantitative estimate of drug-likeness (QED) is 0.685. The number of primary amides is 1. The number of halogens is 1. The number of carboxylic acids is 1. The molecule has 0 bridgehead atoms. The molecular formula is C14H12ClN3O3. The third-order valence-electron chi connectivity index (χ3n) is 2.97. The van der Waals surface area contributed by atoms with Gasteiger partial charge in [0.05, 0.1) is 10.6 Å². The maximum atomic E-state index is 11.5. The van der Waals surface area contributed by atoms with E-state index in [4.69, 9.17) is 27.9 Å². The molecule has 1 aromatic carbocycles. The monoisotopic (exact) mass is 305 g/mol. The van der Waals surface area contributed by atoms with E-state index in [0.29, 0.717) is 0 Å². The first kappa shape index (κ1) is 14.8. The number of benzene rings is 1. The molecule has 5 N–H and O–H groups in total. The van der Waals surface area contributed by atoms with Crippen LogP contribution in [0.1, 0.15) is 32.0 Å². The predicted octanol–water partition coefficient (Wildman–Crippen LogP) is 1.54. The highest BCUT2D eigenvalue weighted by Crippen LogP contribution is 2.24. The Morgan fingerprint density at radius 1 is 1.29 bits per heavy atom. The van der Waals surface area contributed by atoms with Crippen LogP contribution in [0, 0.1) is 5.41 Å². The number of aromatic carboxylic acids is 1.